The van der Waals surface area contributed by atoms with Crippen LogP contribution in [-0.4, -0.2) is 44.9 Å². The van der Waals surface area contributed by atoms with Gasteiger partial charge in [0.05, 0.1) is 17.4 Å². The number of sulfonamides is 1. The number of hydrogen-bond acceptors (Lipinski definition) is 4. The Morgan fingerprint density at radius 1 is 1.48 bits per heavy atom. The van der Waals surface area contributed by atoms with Gasteiger partial charge in [-0.2, -0.15) is 4.31 Å². The zero-order valence-corrected chi connectivity index (χ0v) is 15.6. The summed E-state index contributed by atoms with van der Waals surface area (Å²) >= 11 is 0. The molecule has 2 rings (SSSR count). The van der Waals surface area contributed by atoms with E-state index in [9.17, 15) is 13.2 Å². The van der Waals surface area contributed by atoms with Crippen molar-refractivity contribution in [3.05, 3.63) is 36.4 Å². The second-order valence-electron chi connectivity index (χ2n) is 6.10. The lowest BCUT2D eigenvalue weighted by Crippen LogP contribution is -2.45. The van der Waals surface area contributed by atoms with Crippen LogP contribution in [0.15, 0.2) is 35.7 Å². The number of carbonyl (C=O) groups is 1. The first-order valence-electron chi connectivity index (χ1n) is 8.52. The molecule has 1 saturated heterocycles. The molecule has 1 atom stereocenters. The van der Waals surface area contributed by atoms with E-state index in [0.29, 0.717) is 38.3 Å². The van der Waals surface area contributed by atoms with Crippen molar-refractivity contribution in [3.63, 3.8) is 0 Å². The van der Waals surface area contributed by atoms with E-state index in [4.69, 9.17) is 4.74 Å². The van der Waals surface area contributed by atoms with Gasteiger partial charge in [-0.15, -0.1) is 6.58 Å². The topological polar surface area (TPSA) is 75.7 Å². The summed E-state index contributed by atoms with van der Waals surface area (Å²) in [4.78, 5) is 12.4. The number of hydrogen-bond donors (Lipinski definition) is 1. The molecule has 1 heterocycles. The van der Waals surface area contributed by atoms with Gasteiger partial charge in [0.25, 0.3) is 0 Å². The highest BCUT2D eigenvalue weighted by Crippen LogP contribution is 2.27. The lowest BCUT2D eigenvalue weighted by molar-refractivity contribution is -0.125. The first kappa shape index (κ1) is 19.5. The minimum absolute atomic E-state index is 0.123. The molecule has 0 radical (unpaired) electrons. The predicted molar refractivity (Wildman–Crippen MR) is 97.0 cm³/mol. The minimum atomic E-state index is -3.63. The molecule has 0 unspecified atom stereocenters. The molecule has 0 bridgehead atoms. The van der Waals surface area contributed by atoms with Gasteiger partial charge in [0.2, 0.25) is 15.9 Å². The number of carbonyl (C=O) groups excluding carboxylic acids is 1. The molecule has 0 aromatic heterocycles. The van der Waals surface area contributed by atoms with Gasteiger partial charge < -0.3 is 10.1 Å². The molecule has 1 N–H and O–H groups in total. The number of amides is 1. The Bertz CT molecular complexity index is 731. The summed E-state index contributed by atoms with van der Waals surface area (Å²) in [6.07, 6.45) is 2.97. The summed E-state index contributed by atoms with van der Waals surface area (Å²) in [6, 6.07) is 4.88. The zero-order valence-electron chi connectivity index (χ0n) is 14.8. The average molecular weight is 366 g/mol. The van der Waals surface area contributed by atoms with Crippen molar-refractivity contribution in [2.45, 2.75) is 31.6 Å². The molecule has 1 aliphatic rings. The van der Waals surface area contributed by atoms with Crippen LogP contribution in [0.5, 0.6) is 5.75 Å². The van der Waals surface area contributed by atoms with Gasteiger partial charge >= 0.3 is 0 Å². The van der Waals surface area contributed by atoms with Gasteiger partial charge in [-0.25, -0.2) is 8.42 Å². The molecule has 7 heteroatoms. The van der Waals surface area contributed by atoms with Crippen LogP contribution in [0.2, 0.25) is 0 Å². The van der Waals surface area contributed by atoms with E-state index in [2.05, 4.69) is 11.9 Å². The zero-order chi connectivity index (χ0) is 18.4. The predicted octanol–water partition coefficient (Wildman–Crippen LogP) is 2.10. The Morgan fingerprint density at radius 3 is 2.88 bits per heavy atom. The van der Waals surface area contributed by atoms with Crippen molar-refractivity contribution in [3.8, 4) is 5.75 Å². The maximum atomic E-state index is 12.9. The van der Waals surface area contributed by atoms with Crippen molar-refractivity contribution in [2.75, 3.05) is 26.2 Å². The first-order valence-corrected chi connectivity index (χ1v) is 9.96. The maximum Gasteiger partial charge on any atom is 0.243 e. The van der Waals surface area contributed by atoms with Gasteiger partial charge in [0.1, 0.15) is 5.75 Å². The van der Waals surface area contributed by atoms with Crippen LogP contribution in [0.1, 0.15) is 25.3 Å². The Hall–Kier alpha value is -1.86. The van der Waals surface area contributed by atoms with E-state index in [0.717, 1.165) is 5.56 Å². The van der Waals surface area contributed by atoms with Crippen LogP contribution in [0.4, 0.5) is 0 Å². The second-order valence-corrected chi connectivity index (χ2v) is 8.03. The molecular formula is C18H26N2O4S. The average Bonchev–Trinajstić information content (AvgIpc) is 2.61. The van der Waals surface area contributed by atoms with Crippen LogP contribution in [-0.2, 0) is 14.8 Å². The highest BCUT2D eigenvalue weighted by Gasteiger charge is 2.33. The Labute approximate surface area is 149 Å². The van der Waals surface area contributed by atoms with Gasteiger partial charge in [-0.1, -0.05) is 6.08 Å². The summed E-state index contributed by atoms with van der Waals surface area (Å²) in [5.41, 5.74) is 0.778. The number of ether oxygens (including phenoxy) is 1. The number of nitrogens with zero attached hydrogens (tertiary/aromatic N) is 1. The van der Waals surface area contributed by atoms with Crippen LogP contribution < -0.4 is 10.1 Å². The highest BCUT2D eigenvalue weighted by molar-refractivity contribution is 7.89. The van der Waals surface area contributed by atoms with E-state index in [1.807, 2.05) is 13.8 Å². The van der Waals surface area contributed by atoms with E-state index in [-0.39, 0.29) is 23.3 Å². The molecular weight excluding hydrogens is 340 g/mol. The summed E-state index contributed by atoms with van der Waals surface area (Å²) in [5.74, 6) is 0.233. The molecule has 0 spiro atoms. The van der Waals surface area contributed by atoms with Gasteiger partial charge in [-0.05, 0) is 50.5 Å². The number of aryl methyl sites for hydroxylation is 1. The Kier molecular flexibility index (Phi) is 6.61. The van der Waals surface area contributed by atoms with Crippen molar-refractivity contribution >= 4 is 15.9 Å². The SMILES string of the molecule is C=CCNC(=O)[C@@H]1CCCN(S(=O)(=O)c2ccc(OCC)c(C)c2)C1. The van der Waals surface area contributed by atoms with E-state index >= 15 is 0 Å². The smallest absolute Gasteiger partial charge is 0.243 e. The number of rotatable bonds is 7. The first-order chi connectivity index (χ1) is 11.9. The normalized spacial score (nSPS) is 18.6. The van der Waals surface area contributed by atoms with E-state index in [1.54, 1.807) is 24.3 Å². The van der Waals surface area contributed by atoms with E-state index < -0.39 is 10.0 Å². The number of nitrogens with one attached hydrogen (secondary N) is 1. The Balaban J connectivity index is 2.17. The third-order valence-electron chi connectivity index (χ3n) is 4.26. The van der Waals surface area contributed by atoms with Crippen LogP contribution in [0.3, 0.4) is 0 Å². The molecule has 1 aliphatic heterocycles. The third kappa shape index (κ3) is 4.61. The molecule has 1 fully saturated rings. The molecule has 1 aromatic rings. The van der Waals surface area contributed by atoms with E-state index in [1.165, 1.54) is 4.31 Å². The Morgan fingerprint density at radius 2 is 2.24 bits per heavy atom. The van der Waals surface area contributed by atoms with Crippen molar-refractivity contribution in [1.29, 1.82) is 0 Å². The molecule has 25 heavy (non-hydrogen) atoms. The van der Waals surface area contributed by atoms with Crippen molar-refractivity contribution in [2.24, 2.45) is 5.92 Å². The summed E-state index contributed by atoms with van der Waals surface area (Å²) in [5, 5.41) is 2.75. The lowest BCUT2D eigenvalue weighted by Gasteiger charge is -2.31. The van der Waals surface area contributed by atoms with Crippen LogP contribution in [0.25, 0.3) is 0 Å². The monoisotopic (exact) mass is 366 g/mol. The minimum Gasteiger partial charge on any atom is -0.494 e. The summed E-state index contributed by atoms with van der Waals surface area (Å²) in [6.45, 7) is 8.83. The quantitative estimate of drug-likeness (QED) is 0.750. The second kappa shape index (κ2) is 8.49. The number of piperidine rings is 1. The van der Waals surface area contributed by atoms with Crippen molar-refractivity contribution in [1.82, 2.24) is 9.62 Å². The largest absolute Gasteiger partial charge is 0.494 e. The fraction of sp³-hybridized carbons (Fsp3) is 0.500. The fourth-order valence-electron chi connectivity index (χ4n) is 2.94. The van der Waals surface area contributed by atoms with Crippen LogP contribution >= 0.6 is 0 Å². The maximum absolute atomic E-state index is 12.9. The van der Waals surface area contributed by atoms with Crippen molar-refractivity contribution < 1.29 is 17.9 Å². The summed E-state index contributed by atoms with van der Waals surface area (Å²) in [7, 11) is -3.63. The standard InChI is InChI=1S/C18H26N2O4S/c1-4-10-19-18(21)15-7-6-11-20(13-15)25(22,23)16-8-9-17(24-5-2)14(3)12-16/h4,8-9,12,15H,1,5-7,10-11,13H2,2-3H3,(H,19,21)/t15-/m1/s1. The number of benzene rings is 1. The van der Waals surface area contributed by atoms with Gasteiger partial charge in [0.15, 0.2) is 0 Å². The third-order valence-corrected chi connectivity index (χ3v) is 6.12. The highest BCUT2D eigenvalue weighted by atomic mass is 32.2. The van der Waals surface area contributed by atoms with Gasteiger partial charge in [0, 0.05) is 19.6 Å². The lowest BCUT2D eigenvalue weighted by atomic mass is 9.99. The summed E-state index contributed by atoms with van der Waals surface area (Å²) < 4.78 is 32.7. The molecule has 0 aliphatic carbocycles. The fourth-order valence-corrected chi connectivity index (χ4v) is 4.55. The van der Waals surface area contributed by atoms with Crippen LogP contribution in [0, 0.1) is 12.8 Å². The van der Waals surface area contributed by atoms with Gasteiger partial charge in [-0.3, -0.25) is 4.79 Å². The molecule has 1 amide bonds. The molecule has 0 saturated carbocycles. The molecule has 138 valence electrons. The molecule has 1 aromatic carbocycles. The molecule has 6 nitrogen and oxygen atoms in total.